The van der Waals surface area contributed by atoms with Crippen LogP contribution < -0.4 is 4.74 Å². The van der Waals surface area contributed by atoms with Gasteiger partial charge in [0.1, 0.15) is 5.75 Å². The molecule has 0 bridgehead atoms. The van der Waals surface area contributed by atoms with Crippen LogP contribution in [-0.4, -0.2) is 16.3 Å². The Kier molecular flexibility index (Phi) is 6.14. The van der Waals surface area contributed by atoms with Gasteiger partial charge in [-0.25, -0.2) is 0 Å². The molecule has 6 heteroatoms. The van der Waals surface area contributed by atoms with Gasteiger partial charge in [0.15, 0.2) is 0 Å². The maximum absolute atomic E-state index is 10.3. The highest BCUT2D eigenvalue weighted by atomic mass is 35.5. The van der Waals surface area contributed by atoms with Crippen molar-refractivity contribution in [2.45, 2.75) is 12.7 Å². The molecule has 1 aromatic carbocycles. The molecule has 0 fully saturated rings. The third kappa shape index (κ3) is 5.09. The Morgan fingerprint density at radius 1 is 1.43 bits per heavy atom. The van der Waals surface area contributed by atoms with Gasteiger partial charge < -0.3 is 9.84 Å². The number of benzene rings is 1. The highest BCUT2D eigenvalue weighted by Gasteiger charge is 2.19. The number of nitro groups is 1. The summed E-state index contributed by atoms with van der Waals surface area (Å²) in [6.07, 6.45) is 10.7. The van der Waals surface area contributed by atoms with Gasteiger partial charge in [0.2, 0.25) is 12.5 Å². The summed E-state index contributed by atoms with van der Waals surface area (Å²) < 4.78 is 5.62. The van der Waals surface area contributed by atoms with E-state index in [0.717, 1.165) is 6.20 Å². The minimum absolute atomic E-state index is 0.134. The lowest BCUT2D eigenvalue weighted by Gasteiger charge is -2.22. The van der Waals surface area contributed by atoms with E-state index in [1.807, 2.05) is 24.3 Å². The number of aliphatic hydroxyl groups excluding tert-OH is 1. The Morgan fingerprint density at radius 2 is 2.22 bits per heavy atom. The second-order valence-electron chi connectivity index (χ2n) is 4.86. The molecule has 0 heterocycles. The van der Waals surface area contributed by atoms with Gasteiger partial charge in [0, 0.05) is 17.6 Å². The summed E-state index contributed by atoms with van der Waals surface area (Å²) in [6.45, 7) is 0. The number of halogens is 1. The van der Waals surface area contributed by atoms with Crippen LogP contribution in [-0.2, 0) is 0 Å². The molecule has 0 amide bonds. The Balaban J connectivity index is 2.15. The number of allylic oxidation sites excluding steroid dienone is 5. The third-order valence-corrected chi connectivity index (χ3v) is 3.55. The number of rotatable bonds is 6. The fourth-order valence-electron chi connectivity index (χ4n) is 2.08. The second-order valence-corrected chi connectivity index (χ2v) is 5.27. The molecule has 23 heavy (non-hydrogen) atoms. The van der Waals surface area contributed by atoms with Crippen molar-refractivity contribution in [1.82, 2.24) is 0 Å². The van der Waals surface area contributed by atoms with Crippen LogP contribution >= 0.6 is 11.6 Å². The van der Waals surface area contributed by atoms with Crippen LogP contribution in [0.1, 0.15) is 12.0 Å². The summed E-state index contributed by atoms with van der Waals surface area (Å²) in [5.74, 6) is 0.281. The molecule has 2 atom stereocenters. The summed E-state index contributed by atoms with van der Waals surface area (Å²) in [5.41, 5.74) is 0.552. The summed E-state index contributed by atoms with van der Waals surface area (Å²) in [6, 6.07) is 6.94. The quantitative estimate of drug-likeness (QED) is 0.371. The number of aliphatic hydroxyl groups is 1. The van der Waals surface area contributed by atoms with E-state index in [0.29, 0.717) is 17.7 Å². The summed E-state index contributed by atoms with van der Waals surface area (Å²) in [4.78, 5) is 9.71. The average molecular weight is 334 g/mol. The second kappa shape index (κ2) is 8.31. The molecular weight excluding hydrogens is 318 g/mol. The molecule has 0 saturated heterocycles. The van der Waals surface area contributed by atoms with E-state index in [4.69, 9.17) is 16.3 Å². The van der Waals surface area contributed by atoms with E-state index in [1.54, 1.807) is 24.3 Å². The fourth-order valence-corrected chi connectivity index (χ4v) is 2.31. The first-order valence-electron chi connectivity index (χ1n) is 7.03. The largest absolute Gasteiger partial charge is 0.464 e. The lowest BCUT2D eigenvalue weighted by atomic mass is 10.0. The van der Waals surface area contributed by atoms with Gasteiger partial charge >= 0.3 is 0 Å². The highest BCUT2D eigenvalue weighted by molar-refractivity contribution is 6.49. The van der Waals surface area contributed by atoms with Crippen molar-refractivity contribution in [2.75, 3.05) is 0 Å². The van der Waals surface area contributed by atoms with Crippen LogP contribution in [0.5, 0.6) is 5.75 Å². The summed E-state index contributed by atoms with van der Waals surface area (Å²) in [7, 11) is 0. The van der Waals surface area contributed by atoms with E-state index in [1.165, 1.54) is 12.2 Å². The van der Waals surface area contributed by atoms with Gasteiger partial charge in [-0.2, -0.15) is 0 Å². The van der Waals surface area contributed by atoms with Gasteiger partial charge in [-0.3, -0.25) is 10.1 Å². The number of nitrogens with zero attached hydrogens (tertiary/aromatic N) is 1. The molecule has 1 N–H and O–H groups in total. The number of hydrogen-bond donors (Lipinski definition) is 1. The molecular formula is C17H16ClNO4. The normalized spacial score (nSPS) is 19.0. The van der Waals surface area contributed by atoms with Crippen molar-refractivity contribution in [3.05, 3.63) is 82.6 Å². The van der Waals surface area contributed by atoms with Crippen LogP contribution in [0.15, 0.2) is 66.9 Å². The zero-order valence-corrected chi connectivity index (χ0v) is 13.0. The predicted molar refractivity (Wildman–Crippen MR) is 89.4 cm³/mol. The molecule has 120 valence electrons. The Labute approximate surface area is 139 Å². The molecule has 0 aromatic heterocycles. The molecule has 2 unspecified atom stereocenters. The van der Waals surface area contributed by atoms with E-state index >= 15 is 0 Å². The van der Waals surface area contributed by atoms with Gasteiger partial charge in [-0.05, 0) is 24.6 Å². The van der Waals surface area contributed by atoms with Crippen LogP contribution in [0, 0.1) is 16.0 Å². The first kappa shape index (κ1) is 17.0. The molecule has 0 radical (unpaired) electrons. The molecule has 0 spiro atoms. The Morgan fingerprint density at radius 3 is 2.91 bits per heavy atom. The lowest BCUT2D eigenvalue weighted by molar-refractivity contribution is -0.402. The zero-order chi connectivity index (χ0) is 16.7. The molecule has 0 aliphatic heterocycles. The minimum atomic E-state index is -1.00. The number of ether oxygens (including phenoxy) is 1. The zero-order valence-electron chi connectivity index (χ0n) is 12.2. The van der Waals surface area contributed by atoms with E-state index < -0.39 is 11.2 Å². The molecule has 1 aromatic rings. The molecule has 0 saturated carbocycles. The SMILES string of the molecule is O=[N+]([O-])/C=C/C=C(\Cl)c1ccccc1OC(O)C1C=CC=CC1. The van der Waals surface area contributed by atoms with Crippen molar-refractivity contribution in [2.24, 2.45) is 5.92 Å². The van der Waals surface area contributed by atoms with E-state index in [9.17, 15) is 15.2 Å². The highest BCUT2D eigenvalue weighted by Crippen LogP contribution is 2.30. The van der Waals surface area contributed by atoms with Gasteiger partial charge in [-0.15, -0.1) is 0 Å². The van der Waals surface area contributed by atoms with Crippen molar-refractivity contribution >= 4 is 16.6 Å². The Hall–Kier alpha value is -2.37. The monoisotopic (exact) mass is 333 g/mol. The van der Waals surface area contributed by atoms with Crippen LogP contribution in [0.4, 0.5) is 0 Å². The molecule has 1 aliphatic carbocycles. The van der Waals surface area contributed by atoms with Gasteiger partial charge in [0.05, 0.1) is 9.96 Å². The Bertz CT molecular complexity index is 679. The van der Waals surface area contributed by atoms with Gasteiger partial charge in [-0.1, -0.05) is 48.0 Å². The minimum Gasteiger partial charge on any atom is -0.464 e. The number of para-hydroxylation sites is 1. The van der Waals surface area contributed by atoms with Crippen molar-refractivity contribution < 1.29 is 14.8 Å². The first-order valence-corrected chi connectivity index (χ1v) is 7.40. The summed E-state index contributed by atoms with van der Waals surface area (Å²) >= 11 is 6.16. The smallest absolute Gasteiger partial charge is 0.234 e. The van der Waals surface area contributed by atoms with E-state index in [-0.39, 0.29) is 11.0 Å². The van der Waals surface area contributed by atoms with Crippen molar-refractivity contribution in [3.63, 3.8) is 0 Å². The molecule has 5 nitrogen and oxygen atoms in total. The van der Waals surface area contributed by atoms with Crippen LogP contribution in [0.3, 0.4) is 0 Å². The average Bonchev–Trinajstić information content (AvgIpc) is 2.55. The fraction of sp³-hybridized carbons (Fsp3) is 0.176. The van der Waals surface area contributed by atoms with E-state index in [2.05, 4.69) is 0 Å². The van der Waals surface area contributed by atoms with Crippen molar-refractivity contribution in [3.8, 4) is 5.75 Å². The lowest BCUT2D eigenvalue weighted by Crippen LogP contribution is -2.25. The van der Waals surface area contributed by atoms with Crippen LogP contribution in [0.25, 0.3) is 5.03 Å². The van der Waals surface area contributed by atoms with Crippen molar-refractivity contribution in [1.29, 1.82) is 0 Å². The summed E-state index contributed by atoms with van der Waals surface area (Å²) in [5, 5.41) is 20.8. The maximum Gasteiger partial charge on any atom is 0.234 e. The topological polar surface area (TPSA) is 72.6 Å². The third-order valence-electron chi connectivity index (χ3n) is 3.22. The number of hydrogen-bond acceptors (Lipinski definition) is 4. The standard InChI is InChI=1S/C17H16ClNO4/c18-15(10-6-12-19(21)22)14-9-4-5-11-16(14)23-17(20)13-7-2-1-3-8-13/h1-7,9-13,17,20H,8H2/b12-6+,15-10-. The molecule has 2 rings (SSSR count). The maximum atomic E-state index is 10.3. The van der Waals surface area contributed by atoms with Crippen LogP contribution in [0.2, 0.25) is 0 Å². The predicted octanol–water partition coefficient (Wildman–Crippen LogP) is 3.89. The first-order chi connectivity index (χ1) is 11.1. The van der Waals surface area contributed by atoms with Gasteiger partial charge in [0.25, 0.3) is 0 Å². The molecule has 1 aliphatic rings.